The summed E-state index contributed by atoms with van der Waals surface area (Å²) in [5.74, 6) is 0.145. The molecule has 2 amide bonds. The van der Waals surface area contributed by atoms with Gasteiger partial charge in [0.25, 0.3) is 11.8 Å². The second kappa shape index (κ2) is 8.64. The van der Waals surface area contributed by atoms with E-state index in [2.05, 4.69) is 5.32 Å². The Morgan fingerprint density at radius 3 is 2.32 bits per heavy atom. The summed E-state index contributed by atoms with van der Waals surface area (Å²) < 4.78 is 5.66. The number of nitrogens with zero attached hydrogens (tertiary/aromatic N) is 1. The highest BCUT2D eigenvalue weighted by atomic mass is 16.5. The maximum atomic E-state index is 13.3. The highest BCUT2D eigenvalue weighted by molar-refractivity contribution is 6.36. The number of hydrogen-bond acceptors (Lipinski definition) is 4. The lowest BCUT2D eigenvalue weighted by Crippen LogP contribution is -2.38. The average Bonchev–Trinajstić information content (AvgIpc) is 3.02. The molecule has 0 atom stereocenters. The summed E-state index contributed by atoms with van der Waals surface area (Å²) in [5.41, 5.74) is 2.17. The molecule has 0 saturated heterocycles. The molecule has 3 aromatic carbocycles. The third kappa shape index (κ3) is 3.91. The molecule has 0 bridgehead atoms. The van der Waals surface area contributed by atoms with Crippen molar-refractivity contribution >= 4 is 33.8 Å². The van der Waals surface area contributed by atoms with Crippen LogP contribution in [-0.4, -0.2) is 29.4 Å². The summed E-state index contributed by atoms with van der Waals surface area (Å²) in [5, 5.41) is 5.33. The van der Waals surface area contributed by atoms with Gasteiger partial charge in [0, 0.05) is 17.1 Å². The first kappa shape index (κ1) is 20.7. The molecule has 1 N–H and O–H groups in total. The summed E-state index contributed by atoms with van der Waals surface area (Å²) in [6, 6.07) is 20.9. The smallest absolute Gasteiger partial charge is 0.278 e. The van der Waals surface area contributed by atoms with Crippen molar-refractivity contribution in [1.29, 1.82) is 0 Å². The van der Waals surface area contributed by atoms with E-state index in [0.717, 1.165) is 28.6 Å². The van der Waals surface area contributed by atoms with Gasteiger partial charge in [0.2, 0.25) is 0 Å². The van der Waals surface area contributed by atoms with E-state index < -0.39 is 0 Å². The molecular weight excluding hydrogens is 388 g/mol. The average molecular weight is 415 g/mol. The lowest BCUT2D eigenvalue weighted by Gasteiger charge is -2.19. The summed E-state index contributed by atoms with van der Waals surface area (Å²) in [6.07, 6.45) is 0.919. The minimum absolute atomic E-state index is 0.242. The predicted octanol–water partition coefficient (Wildman–Crippen LogP) is 5.23. The maximum absolute atomic E-state index is 13.3. The predicted molar refractivity (Wildman–Crippen MR) is 124 cm³/mol. The SMILES string of the molecule is CCCOc1ccc(C2=C(Nc3cccc4ccccc34)C(=O)N(C(C)C)C2=O)cc1. The maximum Gasteiger partial charge on any atom is 0.278 e. The first-order chi connectivity index (χ1) is 15.0. The molecule has 0 saturated carbocycles. The number of imide groups is 1. The number of carbonyl (C=O) groups excluding carboxylic acids is 2. The molecule has 0 spiro atoms. The second-order valence-corrected chi connectivity index (χ2v) is 7.85. The number of rotatable bonds is 7. The molecule has 0 aliphatic carbocycles. The van der Waals surface area contributed by atoms with Gasteiger partial charge in [-0.15, -0.1) is 0 Å². The Bertz CT molecular complexity index is 1160. The minimum Gasteiger partial charge on any atom is -0.494 e. The number of fused-ring (bicyclic) bond motifs is 1. The normalized spacial score (nSPS) is 14.1. The highest BCUT2D eigenvalue weighted by Crippen LogP contribution is 2.34. The molecule has 0 unspecified atom stereocenters. The second-order valence-electron chi connectivity index (χ2n) is 7.85. The largest absolute Gasteiger partial charge is 0.494 e. The van der Waals surface area contributed by atoms with E-state index in [1.165, 1.54) is 4.90 Å². The zero-order valence-corrected chi connectivity index (χ0v) is 18.0. The molecular formula is C26H26N2O3. The number of anilines is 1. The van der Waals surface area contributed by atoms with Crippen LogP contribution >= 0.6 is 0 Å². The first-order valence-corrected chi connectivity index (χ1v) is 10.6. The Hall–Kier alpha value is -3.60. The van der Waals surface area contributed by atoms with E-state index in [4.69, 9.17) is 4.74 Å². The van der Waals surface area contributed by atoms with Crippen molar-refractivity contribution in [3.8, 4) is 5.75 Å². The fraction of sp³-hybridized carbons (Fsp3) is 0.231. The summed E-state index contributed by atoms with van der Waals surface area (Å²) in [7, 11) is 0. The monoisotopic (exact) mass is 414 g/mol. The van der Waals surface area contributed by atoms with Crippen LogP contribution in [0.4, 0.5) is 5.69 Å². The van der Waals surface area contributed by atoms with Gasteiger partial charge in [-0.3, -0.25) is 14.5 Å². The van der Waals surface area contributed by atoms with Crippen LogP contribution < -0.4 is 10.1 Å². The molecule has 1 aliphatic heterocycles. The van der Waals surface area contributed by atoms with Gasteiger partial charge in [0.15, 0.2) is 0 Å². The number of ether oxygens (including phenoxy) is 1. The van der Waals surface area contributed by atoms with Crippen LogP contribution in [0.1, 0.15) is 32.8 Å². The topological polar surface area (TPSA) is 58.6 Å². The minimum atomic E-state index is -0.311. The fourth-order valence-corrected chi connectivity index (χ4v) is 3.81. The number of nitrogens with one attached hydrogen (secondary N) is 1. The van der Waals surface area contributed by atoms with Gasteiger partial charge in [-0.25, -0.2) is 0 Å². The molecule has 0 radical (unpaired) electrons. The van der Waals surface area contributed by atoms with Crippen molar-refractivity contribution in [1.82, 2.24) is 4.90 Å². The van der Waals surface area contributed by atoms with E-state index >= 15 is 0 Å². The van der Waals surface area contributed by atoms with Crippen LogP contribution in [0.25, 0.3) is 16.3 Å². The van der Waals surface area contributed by atoms with Gasteiger partial charge in [0.05, 0.1) is 12.2 Å². The van der Waals surface area contributed by atoms with E-state index in [1.54, 1.807) is 0 Å². The first-order valence-electron chi connectivity index (χ1n) is 10.6. The summed E-state index contributed by atoms with van der Waals surface area (Å²) in [4.78, 5) is 27.8. The fourth-order valence-electron chi connectivity index (χ4n) is 3.81. The number of benzene rings is 3. The van der Waals surface area contributed by atoms with Gasteiger partial charge < -0.3 is 10.1 Å². The van der Waals surface area contributed by atoms with Crippen molar-refractivity contribution in [2.75, 3.05) is 11.9 Å². The third-order valence-electron chi connectivity index (χ3n) is 5.30. The van der Waals surface area contributed by atoms with Crippen LogP contribution in [0, 0.1) is 0 Å². The molecule has 5 nitrogen and oxygen atoms in total. The van der Waals surface area contributed by atoms with E-state index in [0.29, 0.717) is 23.4 Å². The molecule has 1 aliphatic rings. The molecule has 1 heterocycles. The number of carbonyl (C=O) groups is 2. The van der Waals surface area contributed by atoms with Crippen molar-refractivity contribution in [3.63, 3.8) is 0 Å². The quantitative estimate of drug-likeness (QED) is 0.538. The molecule has 158 valence electrons. The van der Waals surface area contributed by atoms with Crippen LogP contribution in [-0.2, 0) is 9.59 Å². The zero-order valence-electron chi connectivity index (χ0n) is 18.0. The lowest BCUT2D eigenvalue weighted by atomic mass is 10.0. The van der Waals surface area contributed by atoms with Crippen LogP contribution in [0.5, 0.6) is 5.75 Å². The number of amides is 2. The Morgan fingerprint density at radius 1 is 0.903 bits per heavy atom. The van der Waals surface area contributed by atoms with Crippen LogP contribution in [0.15, 0.2) is 72.4 Å². The van der Waals surface area contributed by atoms with Gasteiger partial charge in [-0.2, -0.15) is 0 Å². The van der Waals surface area contributed by atoms with Crippen molar-refractivity contribution in [2.45, 2.75) is 33.2 Å². The standard InChI is InChI=1S/C26H26N2O3/c1-4-16-31-20-14-12-19(13-15-20)23-24(26(30)28(17(2)3)25(23)29)27-22-11-7-9-18-8-5-6-10-21(18)22/h5-15,17,27H,4,16H2,1-3H3. The van der Waals surface area contributed by atoms with Crippen LogP contribution in [0.3, 0.4) is 0 Å². The van der Waals surface area contributed by atoms with Gasteiger partial charge >= 0.3 is 0 Å². The molecule has 4 rings (SSSR count). The molecule has 0 fully saturated rings. The number of hydrogen-bond donors (Lipinski definition) is 1. The Balaban J connectivity index is 1.79. The Kier molecular flexibility index (Phi) is 5.76. The molecule has 31 heavy (non-hydrogen) atoms. The molecule has 5 heteroatoms. The van der Waals surface area contributed by atoms with Gasteiger partial charge in [-0.05, 0) is 49.4 Å². The van der Waals surface area contributed by atoms with E-state index in [-0.39, 0.29) is 17.9 Å². The van der Waals surface area contributed by atoms with Crippen molar-refractivity contribution < 1.29 is 14.3 Å². The highest BCUT2D eigenvalue weighted by Gasteiger charge is 2.40. The Labute approximate surface area is 182 Å². The molecule has 0 aromatic heterocycles. The van der Waals surface area contributed by atoms with Gasteiger partial charge in [-0.1, -0.05) is 55.5 Å². The van der Waals surface area contributed by atoms with Crippen LogP contribution in [0.2, 0.25) is 0 Å². The zero-order chi connectivity index (χ0) is 22.0. The van der Waals surface area contributed by atoms with E-state index in [9.17, 15) is 9.59 Å². The third-order valence-corrected chi connectivity index (χ3v) is 5.30. The molecule has 3 aromatic rings. The lowest BCUT2D eigenvalue weighted by molar-refractivity contribution is -0.138. The van der Waals surface area contributed by atoms with Crippen molar-refractivity contribution in [2.24, 2.45) is 0 Å². The summed E-state index contributed by atoms with van der Waals surface area (Å²) >= 11 is 0. The summed E-state index contributed by atoms with van der Waals surface area (Å²) in [6.45, 7) is 6.37. The van der Waals surface area contributed by atoms with Crippen molar-refractivity contribution in [3.05, 3.63) is 78.0 Å². The van der Waals surface area contributed by atoms with Gasteiger partial charge in [0.1, 0.15) is 11.4 Å². The Morgan fingerprint density at radius 2 is 1.61 bits per heavy atom. The van der Waals surface area contributed by atoms with E-state index in [1.807, 2.05) is 87.5 Å².